The molecule has 31 heavy (non-hydrogen) atoms. The minimum atomic E-state index is -1.03. The van der Waals surface area contributed by atoms with Crippen molar-refractivity contribution in [3.63, 3.8) is 0 Å². The number of aryl methyl sites for hydroxylation is 1. The molecule has 0 saturated heterocycles. The molecule has 172 valence electrons. The van der Waals surface area contributed by atoms with Crippen LogP contribution in [0.25, 0.3) is 10.9 Å². The quantitative estimate of drug-likeness (QED) is 0.484. The van der Waals surface area contributed by atoms with Crippen molar-refractivity contribution in [1.82, 2.24) is 9.78 Å². The van der Waals surface area contributed by atoms with Crippen LogP contribution < -0.4 is 4.74 Å². The lowest BCUT2D eigenvalue weighted by Gasteiger charge is -2.21. The summed E-state index contributed by atoms with van der Waals surface area (Å²) in [5, 5.41) is 8.23. The first-order chi connectivity index (χ1) is 14.3. The normalized spacial score (nSPS) is 13.3. The zero-order valence-electron chi connectivity index (χ0n) is 19.4. The van der Waals surface area contributed by atoms with Crippen LogP contribution in [-0.4, -0.2) is 66.7 Å². The van der Waals surface area contributed by atoms with Gasteiger partial charge in [0, 0.05) is 25.6 Å². The number of carbonyl (C=O) groups excluding carboxylic acids is 1. The molecule has 0 N–H and O–H groups in total. The fourth-order valence-corrected chi connectivity index (χ4v) is 2.87. The molecule has 1 aromatic carbocycles. The van der Waals surface area contributed by atoms with Crippen molar-refractivity contribution in [3.05, 3.63) is 23.6 Å². The Morgan fingerprint density at radius 2 is 1.94 bits per heavy atom. The number of aromatic nitrogens is 2. The monoisotopic (exact) mass is 454 g/mol. The summed E-state index contributed by atoms with van der Waals surface area (Å²) in [4.78, 5) is 11.7. The molecule has 2 aromatic rings. The van der Waals surface area contributed by atoms with Crippen molar-refractivity contribution in [1.29, 1.82) is 0 Å². The number of rotatable bonds is 6. The standard InChI is InChI=1S/C22H31FN2O5S/c1-22(2,3)30-21(26)29-14-15(27-5)13-28-20-12-19-16(11-17(20)23)18(24-25(19)4)9-10-31(6,7)8/h11-12,15H,13-14H2,1-8H3. The predicted octanol–water partition coefficient (Wildman–Crippen LogP) is 4.06. The van der Waals surface area contributed by atoms with Crippen LogP contribution in [0.2, 0.25) is 0 Å². The molecule has 0 spiro atoms. The van der Waals surface area contributed by atoms with Gasteiger partial charge in [-0.2, -0.15) is 15.1 Å². The number of fused-ring (bicyclic) bond motifs is 1. The maximum absolute atomic E-state index is 14.7. The zero-order chi connectivity index (χ0) is 23.4. The van der Waals surface area contributed by atoms with Crippen molar-refractivity contribution in [2.75, 3.05) is 39.1 Å². The fraction of sp³-hybridized carbons (Fsp3) is 0.545. The van der Waals surface area contributed by atoms with E-state index in [9.17, 15) is 9.18 Å². The zero-order valence-corrected chi connectivity index (χ0v) is 20.2. The lowest BCUT2D eigenvalue weighted by atomic mass is 10.2. The smallest absolute Gasteiger partial charge is 0.488 e. The van der Waals surface area contributed by atoms with Gasteiger partial charge in [-0.1, -0.05) is 0 Å². The van der Waals surface area contributed by atoms with Gasteiger partial charge in [0.05, 0.1) is 5.52 Å². The molecule has 0 saturated carbocycles. The molecule has 1 unspecified atom stereocenters. The summed E-state index contributed by atoms with van der Waals surface area (Å²) in [7, 11) is 2.19. The molecule has 1 heterocycles. The van der Waals surface area contributed by atoms with Crippen molar-refractivity contribution in [2.45, 2.75) is 32.5 Å². The average molecular weight is 455 g/mol. The van der Waals surface area contributed by atoms with Crippen LogP contribution in [0.3, 0.4) is 0 Å². The Hall–Kier alpha value is -2.44. The van der Waals surface area contributed by atoms with Crippen LogP contribution >= 0.6 is 10.0 Å². The van der Waals surface area contributed by atoms with Gasteiger partial charge in [0.2, 0.25) is 0 Å². The van der Waals surface area contributed by atoms with E-state index in [0.29, 0.717) is 16.6 Å². The Morgan fingerprint density at radius 3 is 2.52 bits per heavy atom. The van der Waals surface area contributed by atoms with Crippen LogP contribution in [0.4, 0.5) is 9.18 Å². The Kier molecular flexibility index (Phi) is 7.84. The van der Waals surface area contributed by atoms with Gasteiger partial charge in [0.15, 0.2) is 11.6 Å². The van der Waals surface area contributed by atoms with Crippen molar-refractivity contribution < 1.29 is 28.1 Å². The van der Waals surface area contributed by atoms with Gasteiger partial charge in [-0.3, -0.25) is 4.68 Å². The summed E-state index contributed by atoms with van der Waals surface area (Å²) in [6, 6.07) is 2.95. The molecule has 0 aliphatic heterocycles. The average Bonchev–Trinajstić information content (AvgIpc) is 2.93. The largest absolute Gasteiger partial charge is 0.508 e. The first-order valence-corrected chi connectivity index (χ1v) is 12.5. The van der Waals surface area contributed by atoms with E-state index in [-0.39, 0.29) is 19.0 Å². The highest BCUT2D eigenvalue weighted by atomic mass is 32.3. The summed E-state index contributed by atoms with van der Waals surface area (Å²) in [5.74, 6) is 2.58. The van der Waals surface area contributed by atoms with Crippen LogP contribution in [0.5, 0.6) is 5.75 Å². The summed E-state index contributed by atoms with van der Waals surface area (Å²) >= 11 is 0. The fourth-order valence-electron chi connectivity index (χ4n) is 2.47. The Morgan fingerprint density at radius 1 is 1.26 bits per heavy atom. The number of halogens is 1. The molecular formula is C22H31FN2O5S. The summed E-state index contributed by atoms with van der Waals surface area (Å²) in [5.41, 5.74) is 0.573. The number of hydrogen-bond donors (Lipinski definition) is 0. The topological polar surface area (TPSA) is 71.8 Å². The maximum atomic E-state index is 14.7. The van der Waals surface area contributed by atoms with Gasteiger partial charge < -0.3 is 18.9 Å². The number of ether oxygens (including phenoxy) is 4. The van der Waals surface area contributed by atoms with Crippen LogP contribution in [0.1, 0.15) is 26.5 Å². The molecule has 2 rings (SSSR count). The number of benzene rings is 1. The number of nitrogens with zero attached hydrogens (tertiary/aromatic N) is 2. The van der Waals surface area contributed by atoms with E-state index in [4.69, 9.17) is 18.9 Å². The lowest BCUT2D eigenvalue weighted by Crippen LogP contribution is -2.30. The summed E-state index contributed by atoms with van der Waals surface area (Å²) in [6.45, 7) is 5.12. The molecule has 0 aliphatic carbocycles. The third kappa shape index (κ3) is 7.64. The van der Waals surface area contributed by atoms with Gasteiger partial charge in [-0.25, -0.2) is 9.18 Å². The number of hydrogen-bond acceptors (Lipinski definition) is 6. The Balaban J connectivity index is 2.11. The van der Waals surface area contributed by atoms with E-state index in [2.05, 4.69) is 35.0 Å². The third-order valence-corrected chi connectivity index (χ3v) is 4.63. The van der Waals surface area contributed by atoms with Gasteiger partial charge >= 0.3 is 6.16 Å². The van der Waals surface area contributed by atoms with Crippen LogP contribution in [0, 0.1) is 17.0 Å². The molecule has 0 aliphatic rings. The molecule has 0 amide bonds. The first-order valence-electron chi connectivity index (χ1n) is 9.68. The van der Waals surface area contributed by atoms with Gasteiger partial charge in [0.1, 0.15) is 30.6 Å². The predicted molar refractivity (Wildman–Crippen MR) is 121 cm³/mol. The Bertz CT molecular complexity index is 996. The minimum absolute atomic E-state index is 0.0143. The van der Waals surface area contributed by atoms with Crippen molar-refractivity contribution >= 4 is 27.1 Å². The second kappa shape index (κ2) is 9.79. The van der Waals surface area contributed by atoms with E-state index in [1.807, 2.05) is 0 Å². The summed E-state index contributed by atoms with van der Waals surface area (Å²) in [6.07, 6.45) is 4.84. The van der Waals surface area contributed by atoms with E-state index >= 15 is 0 Å². The maximum Gasteiger partial charge on any atom is 0.508 e. The van der Waals surface area contributed by atoms with E-state index < -0.39 is 33.7 Å². The molecule has 0 bridgehead atoms. The van der Waals surface area contributed by atoms with Crippen LogP contribution in [0.15, 0.2) is 12.1 Å². The third-order valence-electron chi connectivity index (χ3n) is 3.91. The molecular weight excluding hydrogens is 423 g/mol. The Labute approximate surface area is 184 Å². The summed E-state index contributed by atoms with van der Waals surface area (Å²) < 4.78 is 37.3. The minimum Gasteiger partial charge on any atom is -0.488 e. The SMILES string of the molecule is COC(COC(=O)OC(C)(C)C)COc1cc2c(cc1F)c(C#CS(C)(C)C)nn2C. The molecule has 0 radical (unpaired) electrons. The van der Waals surface area contributed by atoms with Crippen LogP contribution in [-0.2, 0) is 21.3 Å². The molecule has 9 heteroatoms. The first kappa shape index (κ1) is 24.8. The molecule has 1 atom stereocenters. The molecule has 1 aromatic heterocycles. The second-order valence-electron chi connectivity index (χ2n) is 8.78. The van der Waals surface area contributed by atoms with E-state index in [1.165, 1.54) is 13.2 Å². The lowest BCUT2D eigenvalue weighted by molar-refractivity contribution is -0.0407. The van der Waals surface area contributed by atoms with E-state index in [1.54, 1.807) is 38.6 Å². The molecule has 7 nitrogen and oxygen atoms in total. The van der Waals surface area contributed by atoms with Gasteiger partial charge in [0.25, 0.3) is 0 Å². The number of carbonyl (C=O) groups is 1. The van der Waals surface area contributed by atoms with Gasteiger partial charge in [-0.05, 0) is 56.8 Å². The van der Waals surface area contributed by atoms with Crippen molar-refractivity contribution in [3.8, 4) is 16.9 Å². The highest BCUT2D eigenvalue weighted by Gasteiger charge is 2.20. The second-order valence-corrected chi connectivity index (χ2v) is 12.7. The number of methoxy groups -OCH3 is 1. The van der Waals surface area contributed by atoms with Crippen molar-refractivity contribution in [2.24, 2.45) is 7.05 Å². The molecule has 0 fully saturated rings. The highest BCUT2D eigenvalue weighted by molar-refractivity contribution is 8.35. The van der Waals surface area contributed by atoms with Gasteiger partial charge in [-0.15, -0.1) is 0 Å². The van der Waals surface area contributed by atoms with E-state index in [0.717, 1.165) is 0 Å². The highest BCUT2D eigenvalue weighted by Crippen LogP contribution is 2.33.